The Morgan fingerprint density at radius 2 is 2.36 bits per heavy atom. The van der Waals surface area contributed by atoms with Gasteiger partial charge in [0.25, 0.3) is 0 Å². The molecule has 2 rings (SSSR count). The molecule has 0 fully saturated rings. The van der Waals surface area contributed by atoms with E-state index in [-0.39, 0.29) is 12.1 Å². The van der Waals surface area contributed by atoms with Gasteiger partial charge >= 0.3 is 0 Å². The Hall–Kier alpha value is -1.07. The molecule has 5 nitrogen and oxygen atoms in total. The van der Waals surface area contributed by atoms with E-state index in [4.69, 9.17) is 11.5 Å². The van der Waals surface area contributed by atoms with Gasteiger partial charge in [0.05, 0.1) is 12.4 Å². The molecule has 0 amide bonds. The van der Waals surface area contributed by atoms with Crippen molar-refractivity contribution in [3.8, 4) is 0 Å². The number of anilines is 1. The van der Waals surface area contributed by atoms with Crippen LogP contribution in [0.1, 0.15) is 24.8 Å². The molecule has 2 heterocycles. The van der Waals surface area contributed by atoms with E-state index < -0.39 is 0 Å². The number of aryl methyl sites for hydroxylation is 1. The molecule has 1 aliphatic heterocycles. The molecule has 1 aromatic heterocycles. The first kappa shape index (κ1) is 9.48. The molecule has 0 bridgehead atoms. The SMILES string of the molecule is CC(c1cnn2c1NCCC2)C(N)N. The fraction of sp³-hybridized carbons (Fsp3) is 0.667. The minimum absolute atomic E-state index is 0.143. The average molecular weight is 195 g/mol. The predicted molar refractivity (Wildman–Crippen MR) is 55.9 cm³/mol. The largest absolute Gasteiger partial charge is 0.370 e. The van der Waals surface area contributed by atoms with Crippen LogP contribution in [0.5, 0.6) is 0 Å². The lowest BCUT2D eigenvalue weighted by molar-refractivity contribution is 0.559. The van der Waals surface area contributed by atoms with Crippen LogP contribution in [0.2, 0.25) is 0 Å². The fourth-order valence-electron chi connectivity index (χ4n) is 1.74. The summed E-state index contributed by atoms with van der Waals surface area (Å²) in [6.45, 7) is 4.01. The summed E-state index contributed by atoms with van der Waals surface area (Å²) in [5.41, 5.74) is 12.5. The number of hydrogen-bond donors (Lipinski definition) is 3. The summed E-state index contributed by atoms with van der Waals surface area (Å²) in [5, 5.41) is 7.64. The molecule has 0 spiro atoms. The molecule has 5 heteroatoms. The summed E-state index contributed by atoms with van der Waals surface area (Å²) in [6.07, 6.45) is 2.66. The number of fused-ring (bicyclic) bond motifs is 1. The van der Waals surface area contributed by atoms with Crippen molar-refractivity contribution < 1.29 is 0 Å². The standard InChI is InChI=1S/C9H17N5/c1-6(8(10)11)7-5-13-14-4-2-3-12-9(7)14/h5-6,8,12H,2-4,10-11H2,1H3. The lowest BCUT2D eigenvalue weighted by atomic mass is 10.0. The number of nitrogens with zero attached hydrogens (tertiary/aromatic N) is 2. The molecule has 1 aliphatic rings. The van der Waals surface area contributed by atoms with E-state index >= 15 is 0 Å². The molecule has 1 unspecified atom stereocenters. The van der Waals surface area contributed by atoms with E-state index in [1.807, 2.05) is 17.8 Å². The predicted octanol–water partition coefficient (Wildman–Crippen LogP) is 0.0457. The molecule has 0 aromatic carbocycles. The Kier molecular flexibility index (Phi) is 2.43. The molecule has 0 aliphatic carbocycles. The van der Waals surface area contributed by atoms with Gasteiger partial charge in [0.2, 0.25) is 0 Å². The van der Waals surface area contributed by atoms with Crippen LogP contribution in [0.4, 0.5) is 5.82 Å². The molecular weight excluding hydrogens is 178 g/mol. The van der Waals surface area contributed by atoms with Gasteiger partial charge in [-0.15, -0.1) is 0 Å². The maximum Gasteiger partial charge on any atom is 0.127 e. The lowest BCUT2D eigenvalue weighted by Crippen LogP contribution is -2.36. The highest BCUT2D eigenvalue weighted by molar-refractivity contribution is 5.47. The molecule has 78 valence electrons. The highest BCUT2D eigenvalue weighted by Crippen LogP contribution is 2.26. The normalized spacial score (nSPS) is 17.7. The Bertz CT molecular complexity index is 317. The Morgan fingerprint density at radius 1 is 1.57 bits per heavy atom. The third-order valence-electron chi connectivity index (χ3n) is 2.77. The van der Waals surface area contributed by atoms with Gasteiger partial charge in [-0.25, -0.2) is 4.68 Å². The first-order chi connectivity index (χ1) is 6.70. The Labute approximate surface area is 83.5 Å². The fourth-order valence-corrected chi connectivity index (χ4v) is 1.74. The van der Waals surface area contributed by atoms with Crippen molar-refractivity contribution in [3.05, 3.63) is 11.8 Å². The van der Waals surface area contributed by atoms with Crippen LogP contribution in [0.3, 0.4) is 0 Å². The van der Waals surface area contributed by atoms with Gasteiger partial charge in [0, 0.05) is 24.6 Å². The van der Waals surface area contributed by atoms with Gasteiger partial charge < -0.3 is 16.8 Å². The first-order valence-corrected chi connectivity index (χ1v) is 5.01. The molecule has 0 radical (unpaired) electrons. The van der Waals surface area contributed by atoms with Crippen LogP contribution in [-0.2, 0) is 6.54 Å². The number of rotatable bonds is 2. The first-order valence-electron chi connectivity index (χ1n) is 5.01. The molecule has 1 atom stereocenters. The zero-order valence-corrected chi connectivity index (χ0v) is 8.40. The zero-order valence-electron chi connectivity index (χ0n) is 8.40. The summed E-state index contributed by atoms with van der Waals surface area (Å²) >= 11 is 0. The van der Waals surface area contributed by atoms with Crippen LogP contribution < -0.4 is 16.8 Å². The van der Waals surface area contributed by atoms with Crippen molar-refractivity contribution in [2.24, 2.45) is 11.5 Å². The van der Waals surface area contributed by atoms with Crippen molar-refractivity contribution in [3.63, 3.8) is 0 Å². The van der Waals surface area contributed by atoms with Gasteiger partial charge in [0.1, 0.15) is 5.82 Å². The van der Waals surface area contributed by atoms with Gasteiger partial charge in [-0.3, -0.25) is 0 Å². The number of nitrogens with one attached hydrogen (secondary N) is 1. The van der Waals surface area contributed by atoms with Crippen molar-refractivity contribution in [1.82, 2.24) is 9.78 Å². The summed E-state index contributed by atoms with van der Waals surface area (Å²) in [7, 11) is 0. The van der Waals surface area contributed by atoms with Crippen molar-refractivity contribution in [2.75, 3.05) is 11.9 Å². The zero-order chi connectivity index (χ0) is 10.1. The molecule has 1 aromatic rings. The summed E-state index contributed by atoms with van der Waals surface area (Å²) in [6, 6.07) is 0. The quantitative estimate of drug-likeness (QED) is 0.582. The van der Waals surface area contributed by atoms with Crippen LogP contribution in [0.25, 0.3) is 0 Å². The number of aromatic nitrogens is 2. The average Bonchev–Trinajstić information content (AvgIpc) is 2.60. The van der Waals surface area contributed by atoms with E-state index in [9.17, 15) is 0 Å². The molecule has 0 saturated carbocycles. The second kappa shape index (κ2) is 3.59. The van der Waals surface area contributed by atoms with Crippen molar-refractivity contribution in [2.45, 2.75) is 32.0 Å². The highest BCUT2D eigenvalue weighted by Gasteiger charge is 2.20. The highest BCUT2D eigenvalue weighted by atomic mass is 15.3. The lowest BCUT2D eigenvalue weighted by Gasteiger charge is -2.20. The summed E-state index contributed by atoms with van der Waals surface area (Å²) < 4.78 is 1.98. The molecular formula is C9H17N5. The monoisotopic (exact) mass is 195 g/mol. The van der Waals surface area contributed by atoms with E-state index in [1.54, 1.807) is 0 Å². The topological polar surface area (TPSA) is 81.9 Å². The molecule has 5 N–H and O–H groups in total. The van der Waals surface area contributed by atoms with Crippen LogP contribution in [-0.4, -0.2) is 22.5 Å². The maximum atomic E-state index is 5.67. The molecule has 0 saturated heterocycles. The smallest absolute Gasteiger partial charge is 0.127 e. The molecule has 14 heavy (non-hydrogen) atoms. The second-order valence-corrected chi connectivity index (χ2v) is 3.82. The van der Waals surface area contributed by atoms with Gasteiger partial charge in [-0.2, -0.15) is 5.10 Å². The third kappa shape index (κ3) is 1.49. The van der Waals surface area contributed by atoms with Gasteiger partial charge in [-0.05, 0) is 6.42 Å². The van der Waals surface area contributed by atoms with Crippen LogP contribution in [0.15, 0.2) is 6.20 Å². The van der Waals surface area contributed by atoms with Crippen molar-refractivity contribution >= 4 is 5.82 Å². The van der Waals surface area contributed by atoms with E-state index in [0.717, 1.165) is 30.9 Å². The van der Waals surface area contributed by atoms with Crippen LogP contribution in [0, 0.1) is 0 Å². The van der Waals surface area contributed by atoms with Gasteiger partial charge in [0.15, 0.2) is 0 Å². The summed E-state index contributed by atoms with van der Waals surface area (Å²) in [4.78, 5) is 0. The van der Waals surface area contributed by atoms with Gasteiger partial charge in [-0.1, -0.05) is 6.92 Å². The third-order valence-corrected chi connectivity index (χ3v) is 2.77. The minimum atomic E-state index is -0.326. The van der Waals surface area contributed by atoms with Crippen molar-refractivity contribution in [1.29, 1.82) is 0 Å². The second-order valence-electron chi connectivity index (χ2n) is 3.82. The van der Waals surface area contributed by atoms with Crippen LogP contribution >= 0.6 is 0 Å². The Balaban J connectivity index is 2.30. The van der Waals surface area contributed by atoms with E-state index in [0.29, 0.717) is 0 Å². The summed E-state index contributed by atoms with van der Waals surface area (Å²) in [5.74, 6) is 1.23. The maximum absolute atomic E-state index is 5.67. The number of hydrogen-bond acceptors (Lipinski definition) is 4. The Morgan fingerprint density at radius 3 is 3.07 bits per heavy atom. The number of nitrogens with two attached hydrogens (primary N) is 2. The van der Waals surface area contributed by atoms with E-state index in [1.165, 1.54) is 0 Å². The minimum Gasteiger partial charge on any atom is -0.370 e. The van der Waals surface area contributed by atoms with E-state index in [2.05, 4.69) is 10.4 Å².